The van der Waals surface area contributed by atoms with E-state index in [1.807, 2.05) is 19.9 Å². The summed E-state index contributed by atoms with van der Waals surface area (Å²) in [5.41, 5.74) is 5.85. The van der Waals surface area contributed by atoms with Crippen molar-refractivity contribution < 1.29 is 4.74 Å². The topological polar surface area (TPSA) is 64.3 Å². The largest absolute Gasteiger partial charge is 0.475 e. The van der Waals surface area contributed by atoms with E-state index in [-0.39, 0.29) is 11.5 Å². The molecule has 1 aromatic rings. The Kier molecular flexibility index (Phi) is 5.54. The molecule has 5 nitrogen and oxygen atoms in total. The fourth-order valence-corrected chi connectivity index (χ4v) is 1.74. The van der Waals surface area contributed by atoms with E-state index in [2.05, 4.69) is 35.6 Å². The van der Waals surface area contributed by atoms with Crippen LogP contribution in [0.25, 0.3) is 0 Å². The fraction of sp³-hybridized carbons (Fsp3) is 0.714. The molecule has 0 saturated heterocycles. The lowest BCUT2D eigenvalue weighted by Crippen LogP contribution is -2.39. The van der Waals surface area contributed by atoms with Gasteiger partial charge in [0.15, 0.2) is 0 Å². The van der Waals surface area contributed by atoms with E-state index in [1.54, 1.807) is 6.33 Å². The second-order valence-corrected chi connectivity index (χ2v) is 5.76. The fourth-order valence-electron chi connectivity index (χ4n) is 1.74. The lowest BCUT2D eigenvalue weighted by atomic mass is 9.93. The molecular formula is C14H26N4O. The molecule has 2 N–H and O–H groups in total. The number of ether oxygens (including phenoxy) is 1. The molecule has 0 saturated carbocycles. The van der Waals surface area contributed by atoms with Gasteiger partial charge in [0, 0.05) is 19.2 Å². The van der Waals surface area contributed by atoms with E-state index in [1.165, 1.54) is 0 Å². The summed E-state index contributed by atoms with van der Waals surface area (Å²) >= 11 is 0. The summed E-state index contributed by atoms with van der Waals surface area (Å²) in [5, 5.41) is 0. The van der Waals surface area contributed by atoms with Crippen LogP contribution >= 0.6 is 0 Å². The number of rotatable bonds is 7. The van der Waals surface area contributed by atoms with Gasteiger partial charge >= 0.3 is 0 Å². The monoisotopic (exact) mass is 266 g/mol. The number of hydrogen-bond donors (Lipinski definition) is 1. The third kappa shape index (κ3) is 5.03. The van der Waals surface area contributed by atoms with Crippen molar-refractivity contribution in [3.63, 3.8) is 0 Å². The molecule has 0 bridgehead atoms. The number of nitrogens with zero attached hydrogens (tertiary/aromatic N) is 3. The highest BCUT2D eigenvalue weighted by atomic mass is 16.5. The average molecular weight is 266 g/mol. The summed E-state index contributed by atoms with van der Waals surface area (Å²) in [6.07, 6.45) is 1.66. The highest BCUT2D eigenvalue weighted by Crippen LogP contribution is 2.21. The SMILES string of the molecule is CCN(CC(C)(C)CN)c1cc(OC(C)C)ncn1. The van der Waals surface area contributed by atoms with E-state index < -0.39 is 0 Å². The van der Waals surface area contributed by atoms with Crippen LogP contribution in [0.4, 0.5) is 5.82 Å². The Morgan fingerprint density at radius 2 is 2.05 bits per heavy atom. The lowest BCUT2D eigenvalue weighted by Gasteiger charge is -2.31. The van der Waals surface area contributed by atoms with Gasteiger partial charge in [0.2, 0.25) is 5.88 Å². The molecule has 0 aliphatic carbocycles. The van der Waals surface area contributed by atoms with Crippen LogP contribution in [0.3, 0.4) is 0 Å². The second kappa shape index (κ2) is 6.70. The van der Waals surface area contributed by atoms with Crippen LogP contribution in [-0.2, 0) is 0 Å². The summed E-state index contributed by atoms with van der Waals surface area (Å²) in [5.74, 6) is 1.50. The summed E-state index contributed by atoms with van der Waals surface area (Å²) in [4.78, 5) is 10.7. The lowest BCUT2D eigenvalue weighted by molar-refractivity contribution is 0.232. The Bertz CT molecular complexity index is 393. The third-order valence-electron chi connectivity index (χ3n) is 2.86. The number of hydrogen-bond acceptors (Lipinski definition) is 5. The van der Waals surface area contributed by atoms with Crippen molar-refractivity contribution in [1.29, 1.82) is 0 Å². The van der Waals surface area contributed by atoms with Crippen LogP contribution in [0.2, 0.25) is 0 Å². The van der Waals surface area contributed by atoms with Gasteiger partial charge in [0.1, 0.15) is 12.1 Å². The molecule has 0 atom stereocenters. The van der Waals surface area contributed by atoms with Gasteiger partial charge in [0.05, 0.1) is 6.10 Å². The molecular weight excluding hydrogens is 240 g/mol. The molecule has 1 heterocycles. The van der Waals surface area contributed by atoms with E-state index >= 15 is 0 Å². The molecule has 0 spiro atoms. The Morgan fingerprint density at radius 1 is 1.37 bits per heavy atom. The van der Waals surface area contributed by atoms with Crippen molar-refractivity contribution in [2.75, 3.05) is 24.5 Å². The Hall–Kier alpha value is -1.36. The Labute approximate surface area is 116 Å². The zero-order valence-electron chi connectivity index (χ0n) is 12.7. The van der Waals surface area contributed by atoms with Crippen LogP contribution in [0.1, 0.15) is 34.6 Å². The molecule has 1 rings (SSSR count). The van der Waals surface area contributed by atoms with Crippen LogP contribution in [0, 0.1) is 5.41 Å². The van der Waals surface area contributed by atoms with Gasteiger partial charge in [-0.15, -0.1) is 0 Å². The summed E-state index contributed by atoms with van der Waals surface area (Å²) in [6, 6.07) is 1.89. The standard InChI is InChI=1S/C14H26N4O/c1-6-18(9-14(4,5)8-15)12-7-13(17-10-16-12)19-11(2)3/h7,10-11H,6,8-9,15H2,1-5H3. The molecule has 0 aliphatic rings. The molecule has 0 aliphatic heterocycles. The first-order valence-electron chi connectivity index (χ1n) is 6.81. The van der Waals surface area contributed by atoms with Crippen LogP contribution in [0.15, 0.2) is 12.4 Å². The molecule has 0 amide bonds. The molecule has 0 radical (unpaired) electrons. The first-order valence-corrected chi connectivity index (χ1v) is 6.81. The number of nitrogens with two attached hydrogens (primary N) is 1. The Morgan fingerprint density at radius 3 is 2.58 bits per heavy atom. The predicted octanol–water partition coefficient (Wildman–Crippen LogP) is 2.08. The van der Waals surface area contributed by atoms with Gasteiger partial charge in [-0.3, -0.25) is 0 Å². The maximum atomic E-state index is 5.80. The van der Waals surface area contributed by atoms with Crippen molar-refractivity contribution in [3.8, 4) is 5.88 Å². The highest BCUT2D eigenvalue weighted by molar-refractivity contribution is 5.41. The first-order chi connectivity index (χ1) is 8.88. The van der Waals surface area contributed by atoms with Crippen molar-refractivity contribution in [2.45, 2.75) is 40.7 Å². The summed E-state index contributed by atoms with van der Waals surface area (Å²) in [6.45, 7) is 12.8. The van der Waals surface area contributed by atoms with Gasteiger partial charge in [-0.05, 0) is 32.7 Å². The molecule has 1 aromatic heterocycles. The third-order valence-corrected chi connectivity index (χ3v) is 2.86. The van der Waals surface area contributed by atoms with Crippen molar-refractivity contribution in [3.05, 3.63) is 12.4 Å². The van der Waals surface area contributed by atoms with Gasteiger partial charge in [-0.25, -0.2) is 9.97 Å². The normalized spacial score (nSPS) is 11.7. The van der Waals surface area contributed by atoms with Gasteiger partial charge < -0.3 is 15.4 Å². The first kappa shape index (κ1) is 15.7. The molecule has 108 valence electrons. The predicted molar refractivity (Wildman–Crippen MR) is 78.5 cm³/mol. The number of aromatic nitrogens is 2. The molecule has 0 aromatic carbocycles. The van der Waals surface area contributed by atoms with Gasteiger partial charge in [-0.1, -0.05) is 13.8 Å². The van der Waals surface area contributed by atoms with Gasteiger partial charge in [0.25, 0.3) is 0 Å². The zero-order chi connectivity index (χ0) is 14.5. The van der Waals surface area contributed by atoms with Gasteiger partial charge in [-0.2, -0.15) is 0 Å². The zero-order valence-corrected chi connectivity index (χ0v) is 12.7. The van der Waals surface area contributed by atoms with Crippen molar-refractivity contribution in [1.82, 2.24) is 9.97 Å². The second-order valence-electron chi connectivity index (χ2n) is 5.76. The quantitative estimate of drug-likeness (QED) is 0.818. The van der Waals surface area contributed by atoms with Crippen LogP contribution in [0.5, 0.6) is 5.88 Å². The minimum atomic E-state index is 0.0556. The molecule has 0 fully saturated rings. The molecule has 0 unspecified atom stereocenters. The molecule has 19 heavy (non-hydrogen) atoms. The minimum absolute atomic E-state index is 0.0556. The van der Waals surface area contributed by atoms with E-state index in [0.29, 0.717) is 12.4 Å². The van der Waals surface area contributed by atoms with Crippen LogP contribution in [-0.4, -0.2) is 35.7 Å². The maximum absolute atomic E-state index is 5.80. The molecule has 5 heteroatoms. The van der Waals surface area contributed by atoms with Crippen molar-refractivity contribution >= 4 is 5.82 Å². The van der Waals surface area contributed by atoms with E-state index in [9.17, 15) is 0 Å². The number of anilines is 1. The van der Waals surface area contributed by atoms with E-state index in [4.69, 9.17) is 10.5 Å². The van der Waals surface area contributed by atoms with Crippen molar-refractivity contribution in [2.24, 2.45) is 11.1 Å². The average Bonchev–Trinajstić information content (AvgIpc) is 2.35. The van der Waals surface area contributed by atoms with E-state index in [0.717, 1.165) is 18.9 Å². The summed E-state index contributed by atoms with van der Waals surface area (Å²) < 4.78 is 5.60. The Balaban J connectivity index is 2.86. The minimum Gasteiger partial charge on any atom is -0.475 e. The van der Waals surface area contributed by atoms with Crippen LogP contribution < -0.4 is 15.4 Å². The summed E-state index contributed by atoms with van der Waals surface area (Å²) in [7, 11) is 0. The maximum Gasteiger partial charge on any atom is 0.218 e. The highest BCUT2D eigenvalue weighted by Gasteiger charge is 2.20. The smallest absolute Gasteiger partial charge is 0.218 e.